The molecular formula is C22H18Cl2F3N5O. The first-order chi connectivity index (χ1) is 15.4. The molecular weight excluding hydrogens is 478 g/mol. The number of pyridine rings is 1. The summed E-state index contributed by atoms with van der Waals surface area (Å²) in [6.45, 7) is 5.25. The molecule has 0 saturated carbocycles. The lowest BCUT2D eigenvalue weighted by Crippen LogP contribution is -2.39. The molecule has 0 radical (unpaired) electrons. The monoisotopic (exact) mass is 495 g/mol. The van der Waals surface area contributed by atoms with Gasteiger partial charge in [-0.25, -0.2) is 14.7 Å². The van der Waals surface area contributed by atoms with Crippen molar-refractivity contribution in [3.8, 4) is 0 Å². The van der Waals surface area contributed by atoms with Crippen molar-refractivity contribution in [1.29, 1.82) is 0 Å². The molecule has 0 saturated heterocycles. The normalized spacial score (nSPS) is 18.0. The van der Waals surface area contributed by atoms with Gasteiger partial charge in [-0.05, 0) is 56.2 Å². The van der Waals surface area contributed by atoms with Crippen molar-refractivity contribution in [2.75, 3.05) is 5.32 Å². The number of benzene rings is 1. The van der Waals surface area contributed by atoms with Crippen molar-refractivity contribution < 1.29 is 18.0 Å². The minimum atomic E-state index is -4.67. The molecule has 3 aromatic rings. The Kier molecular flexibility index (Phi) is 5.96. The average Bonchev–Trinajstić information content (AvgIpc) is 3.12. The Bertz CT molecular complexity index is 1270. The van der Waals surface area contributed by atoms with Crippen LogP contribution in [0.4, 0.5) is 24.8 Å². The Morgan fingerprint density at radius 2 is 1.79 bits per heavy atom. The van der Waals surface area contributed by atoms with Crippen LogP contribution in [0.3, 0.4) is 0 Å². The van der Waals surface area contributed by atoms with Crippen molar-refractivity contribution in [2.45, 2.75) is 33.0 Å². The summed E-state index contributed by atoms with van der Waals surface area (Å²) in [5, 5.41) is 6.99. The molecule has 2 atom stereocenters. The number of nitrogens with zero attached hydrogens (tertiary/aromatic N) is 4. The number of aliphatic imine (C=N–C) groups is 1. The maximum atomic E-state index is 13.4. The lowest BCUT2D eigenvalue weighted by atomic mass is 9.87. The number of alkyl halides is 3. The van der Waals surface area contributed by atoms with Gasteiger partial charge in [0.25, 0.3) is 0 Å². The number of hydrogen-bond acceptors (Lipinski definition) is 4. The van der Waals surface area contributed by atoms with Crippen molar-refractivity contribution >= 4 is 46.5 Å². The Hall–Kier alpha value is -2.91. The summed E-state index contributed by atoms with van der Waals surface area (Å²) in [5.74, 6) is -1.14. The van der Waals surface area contributed by atoms with Gasteiger partial charge in [0.15, 0.2) is 11.5 Å². The Morgan fingerprint density at radius 3 is 2.42 bits per heavy atom. The molecule has 1 amide bonds. The third kappa shape index (κ3) is 4.60. The fourth-order valence-corrected chi connectivity index (χ4v) is 4.21. The third-order valence-electron chi connectivity index (χ3n) is 5.24. The number of amides is 1. The van der Waals surface area contributed by atoms with E-state index >= 15 is 0 Å². The fourth-order valence-electron chi connectivity index (χ4n) is 3.90. The molecule has 1 aliphatic heterocycles. The number of anilines is 1. The van der Waals surface area contributed by atoms with Crippen molar-refractivity contribution in [2.24, 2.45) is 10.9 Å². The number of nitrogens with one attached hydrogen (secondary N) is 1. The molecule has 0 fully saturated rings. The minimum Gasteiger partial charge on any atom is -0.310 e. The minimum absolute atomic E-state index is 0.00975. The number of aromatic nitrogens is 3. The molecule has 1 aromatic carbocycles. The molecule has 0 aliphatic carbocycles. The maximum Gasteiger partial charge on any atom is 0.435 e. The van der Waals surface area contributed by atoms with Gasteiger partial charge >= 0.3 is 6.18 Å². The van der Waals surface area contributed by atoms with E-state index in [0.29, 0.717) is 22.8 Å². The second kappa shape index (κ2) is 8.46. The van der Waals surface area contributed by atoms with Crippen LogP contribution in [-0.2, 0) is 11.0 Å². The van der Waals surface area contributed by atoms with Gasteiger partial charge in [0, 0.05) is 17.5 Å². The molecule has 0 spiro atoms. The van der Waals surface area contributed by atoms with Crippen LogP contribution < -0.4 is 5.32 Å². The first-order valence-electron chi connectivity index (χ1n) is 9.87. The summed E-state index contributed by atoms with van der Waals surface area (Å²) >= 11 is 12.2. The molecule has 6 nitrogen and oxygen atoms in total. The van der Waals surface area contributed by atoms with E-state index in [9.17, 15) is 18.0 Å². The van der Waals surface area contributed by atoms with Gasteiger partial charge in [-0.3, -0.25) is 4.79 Å². The van der Waals surface area contributed by atoms with Gasteiger partial charge < -0.3 is 5.32 Å². The number of carbonyl (C=O) groups is 1. The van der Waals surface area contributed by atoms with Crippen molar-refractivity contribution in [3.63, 3.8) is 0 Å². The molecule has 1 aliphatic rings. The van der Waals surface area contributed by atoms with Gasteiger partial charge in [0.05, 0.1) is 16.1 Å². The zero-order valence-corrected chi connectivity index (χ0v) is 19.2. The lowest BCUT2D eigenvalue weighted by Gasteiger charge is -2.31. The first-order valence-corrected chi connectivity index (χ1v) is 10.6. The van der Waals surface area contributed by atoms with Crippen LogP contribution in [-0.4, -0.2) is 26.4 Å². The molecule has 33 heavy (non-hydrogen) atoms. The van der Waals surface area contributed by atoms with E-state index in [4.69, 9.17) is 23.2 Å². The molecule has 0 bridgehead atoms. The van der Waals surface area contributed by atoms with E-state index in [1.807, 2.05) is 13.0 Å². The highest BCUT2D eigenvalue weighted by atomic mass is 35.5. The van der Waals surface area contributed by atoms with Gasteiger partial charge in [-0.2, -0.15) is 18.3 Å². The van der Waals surface area contributed by atoms with E-state index in [1.54, 1.807) is 26.0 Å². The van der Waals surface area contributed by atoms with Gasteiger partial charge in [0.1, 0.15) is 11.7 Å². The summed E-state index contributed by atoms with van der Waals surface area (Å²) in [4.78, 5) is 22.0. The Morgan fingerprint density at radius 1 is 1.06 bits per heavy atom. The smallest absolute Gasteiger partial charge is 0.310 e. The van der Waals surface area contributed by atoms with Crippen molar-refractivity contribution in [3.05, 3.63) is 69.0 Å². The van der Waals surface area contributed by atoms with E-state index < -0.39 is 29.7 Å². The lowest BCUT2D eigenvalue weighted by molar-refractivity contribution is -0.141. The third-order valence-corrected chi connectivity index (χ3v) is 5.98. The Labute approximate surface area is 197 Å². The number of aryl methyl sites for hydroxylation is 2. The summed E-state index contributed by atoms with van der Waals surface area (Å²) in [5.41, 5.74) is 1.30. The Balaban J connectivity index is 1.82. The zero-order valence-electron chi connectivity index (χ0n) is 17.7. The van der Waals surface area contributed by atoms with Crippen LogP contribution in [0.2, 0.25) is 10.0 Å². The highest BCUT2D eigenvalue weighted by Crippen LogP contribution is 2.41. The summed E-state index contributed by atoms with van der Waals surface area (Å²) < 4.78 is 41.3. The van der Waals surface area contributed by atoms with Crippen LogP contribution in [0.25, 0.3) is 0 Å². The van der Waals surface area contributed by atoms with E-state index in [2.05, 4.69) is 20.4 Å². The first kappa shape index (κ1) is 23.3. The predicted octanol–water partition coefficient (Wildman–Crippen LogP) is 6.17. The van der Waals surface area contributed by atoms with E-state index in [0.717, 1.165) is 16.3 Å². The maximum absolute atomic E-state index is 13.4. The molecule has 172 valence electrons. The number of hydrogen-bond donors (Lipinski definition) is 1. The molecule has 2 unspecified atom stereocenters. The molecule has 1 N–H and O–H groups in total. The van der Waals surface area contributed by atoms with Crippen molar-refractivity contribution in [1.82, 2.24) is 14.8 Å². The standard InChI is InChI=1S/C22H18Cl2F3N5O/c1-10-6-11(2)28-17(7-10)30-21(33)19-12(3)29-18-9-16(22(25,26)27)31-32(18)20(19)13-4-5-14(23)15(24)8-13/h4-9,19-20H,1-3H3,(H,28,30,33). The van der Waals surface area contributed by atoms with Crippen LogP contribution in [0.15, 0.2) is 41.4 Å². The predicted molar refractivity (Wildman–Crippen MR) is 120 cm³/mol. The highest BCUT2D eigenvalue weighted by molar-refractivity contribution is 6.42. The fraction of sp³-hybridized carbons (Fsp3) is 0.273. The second-order valence-electron chi connectivity index (χ2n) is 7.84. The van der Waals surface area contributed by atoms with E-state index in [-0.39, 0.29) is 15.9 Å². The van der Waals surface area contributed by atoms with E-state index in [1.165, 1.54) is 12.1 Å². The molecule has 3 heterocycles. The highest BCUT2D eigenvalue weighted by Gasteiger charge is 2.42. The molecule has 2 aromatic heterocycles. The average molecular weight is 496 g/mol. The van der Waals surface area contributed by atoms with Crippen LogP contribution >= 0.6 is 23.2 Å². The molecule has 11 heteroatoms. The quantitative estimate of drug-likeness (QED) is 0.472. The summed E-state index contributed by atoms with van der Waals surface area (Å²) in [6.07, 6.45) is -4.67. The largest absolute Gasteiger partial charge is 0.435 e. The number of fused-ring (bicyclic) bond motifs is 1. The second-order valence-corrected chi connectivity index (χ2v) is 8.65. The van der Waals surface area contributed by atoms with Gasteiger partial charge in [-0.1, -0.05) is 29.3 Å². The SMILES string of the molecule is CC1=Nc2cc(C(F)(F)F)nn2C(c2ccc(Cl)c(Cl)c2)C1C(=O)Nc1cc(C)cc(C)n1. The van der Waals surface area contributed by atoms with Crippen LogP contribution in [0.5, 0.6) is 0 Å². The number of halogens is 5. The summed E-state index contributed by atoms with van der Waals surface area (Å²) in [6, 6.07) is 8.12. The zero-order chi connectivity index (χ0) is 24.1. The van der Waals surface area contributed by atoms with Gasteiger partial charge in [0.2, 0.25) is 5.91 Å². The number of carbonyl (C=O) groups excluding carboxylic acids is 1. The topological polar surface area (TPSA) is 72.2 Å². The molecule has 4 rings (SSSR count). The summed E-state index contributed by atoms with van der Waals surface area (Å²) in [7, 11) is 0. The van der Waals surface area contributed by atoms with Crippen LogP contribution in [0, 0.1) is 19.8 Å². The number of rotatable bonds is 3. The van der Waals surface area contributed by atoms with Gasteiger partial charge in [-0.15, -0.1) is 0 Å². The van der Waals surface area contributed by atoms with Crippen LogP contribution in [0.1, 0.15) is 35.5 Å².